The first-order valence-electron chi connectivity index (χ1n) is 14.1. The molecule has 7 heteroatoms. The fraction of sp³-hybridized carbons (Fsp3) is 0.655. The molecule has 1 saturated carbocycles. The number of carbonyl (C=O) groups is 4. The summed E-state index contributed by atoms with van der Waals surface area (Å²) in [5.41, 5.74) is 1.29. The standard InChI is InChI=1S/C29H41N3O4/c33-25-19-18-24(27(34)31-25)32-28(35)22-16-12-17-23(26(22)29(32)36)30-20-11-7-3-1-2-4-8-13-21-14-9-5-6-10-15-21/h12,16-17,21,24,30H,1-11,13-15,18-20H2,(H,31,33,34). The van der Waals surface area contributed by atoms with Crippen molar-refractivity contribution in [3.63, 3.8) is 0 Å². The summed E-state index contributed by atoms with van der Waals surface area (Å²) in [6.07, 6.45) is 19.1. The second-order valence-electron chi connectivity index (χ2n) is 10.7. The molecule has 1 aliphatic carbocycles. The van der Waals surface area contributed by atoms with Crippen LogP contribution >= 0.6 is 0 Å². The molecule has 1 aromatic carbocycles. The van der Waals surface area contributed by atoms with E-state index >= 15 is 0 Å². The molecule has 2 N–H and O–H groups in total. The zero-order valence-corrected chi connectivity index (χ0v) is 21.5. The molecular weight excluding hydrogens is 454 g/mol. The minimum absolute atomic E-state index is 0.120. The molecule has 1 unspecified atom stereocenters. The molecule has 0 aromatic heterocycles. The lowest BCUT2D eigenvalue weighted by molar-refractivity contribution is -0.136. The van der Waals surface area contributed by atoms with Crippen molar-refractivity contribution in [2.75, 3.05) is 11.9 Å². The van der Waals surface area contributed by atoms with Crippen molar-refractivity contribution in [3.8, 4) is 0 Å². The molecule has 4 rings (SSSR count). The molecule has 3 aliphatic rings. The Labute approximate surface area is 214 Å². The van der Waals surface area contributed by atoms with Gasteiger partial charge in [-0.3, -0.25) is 29.4 Å². The topological polar surface area (TPSA) is 95.6 Å². The molecule has 7 nitrogen and oxygen atoms in total. The predicted molar refractivity (Wildman–Crippen MR) is 140 cm³/mol. The van der Waals surface area contributed by atoms with E-state index in [1.54, 1.807) is 12.1 Å². The van der Waals surface area contributed by atoms with Gasteiger partial charge in [-0.1, -0.05) is 89.5 Å². The maximum Gasteiger partial charge on any atom is 0.264 e. The van der Waals surface area contributed by atoms with Gasteiger partial charge in [-0.25, -0.2) is 0 Å². The number of amides is 4. The van der Waals surface area contributed by atoms with E-state index < -0.39 is 23.8 Å². The Morgan fingerprint density at radius 1 is 0.806 bits per heavy atom. The number of nitrogens with one attached hydrogen (secondary N) is 2. The van der Waals surface area contributed by atoms with Crippen molar-refractivity contribution in [3.05, 3.63) is 29.3 Å². The fourth-order valence-corrected chi connectivity index (χ4v) is 5.98. The van der Waals surface area contributed by atoms with Crippen LogP contribution < -0.4 is 10.6 Å². The van der Waals surface area contributed by atoms with Crippen LogP contribution in [0.4, 0.5) is 5.69 Å². The van der Waals surface area contributed by atoms with E-state index in [0.29, 0.717) is 16.8 Å². The number of hydrogen-bond acceptors (Lipinski definition) is 5. The number of nitrogens with zero attached hydrogens (tertiary/aromatic N) is 1. The minimum atomic E-state index is -0.935. The van der Waals surface area contributed by atoms with Gasteiger partial charge in [-0.05, 0) is 30.9 Å². The summed E-state index contributed by atoms with van der Waals surface area (Å²) in [6.45, 7) is 0.734. The quantitative estimate of drug-likeness (QED) is 0.224. The Balaban J connectivity index is 1.15. The number of unbranched alkanes of at least 4 members (excludes halogenated alkanes) is 6. The first-order chi connectivity index (χ1) is 17.6. The third-order valence-electron chi connectivity index (χ3n) is 8.05. The first kappa shape index (κ1) is 26.4. The highest BCUT2D eigenvalue weighted by Crippen LogP contribution is 2.32. The van der Waals surface area contributed by atoms with Gasteiger partial charge in [0.2, 0.25) is 11.8 Å². The summed E-state index contributed by atoms with van der Waals surface area (Å²) in [6, 6.07) is 4.26. The summed E-state index contributed by atoms with van der Waals surface area (Å²) in [5.74, 6) is -0.898. The smallest absolute Gasteiger partial charge is 0.264 e. The van der Waals surface area contributed by atoms with E-state index in [1.807, 2.05) is 6.07 Å². The Morgan fingerprint density at radius 3 is 2.22 bits per heavy atom. The average Bonchev–Trinajstić information content (AvgIpc) is 3.02. The van der Waals surface area contributed by atoms with Crippen molar-refractivity contribution in [1.82, 2.24) is 10.2 Å². The van der Waals surface area contributed by atoms with Gasteiger partial charge in [0.15, 0.2) is 0 Å². The van der Waals surface area contributed by atoms with E-state index in [1.165, 1.54) is 77.0 Å². The second kappa shape index (κ2) is 13.0. The normalized spacial score (nSPS) is 20.9. The van der Waals surface area contributed by atoms with E-state index in [2.05, 4.69) is 10.6 Å². The maximum atomic E-state index is 13.1. The van der Waals surface area contributed by atoms with E-state index in [9.17, 15) is 19.2 Å². The van der Waals surface area contributed by atoms with Gasteiger partial charge < -0.3 is 5.32 Å². The van der Waals surface area contributed by atoms with E-state index in [-0.39, 0.29) is 18.7 Å². The summed E-state index contributed by atoms with van der Waals surface area (Å²) in [4.78, 5) is 50.8. The summed E-state index contributed by atoms with van der Waals surface area (Å²) in [7, 11) is 0. The van der Waals surface area contributed by atoms with Gasteiger partial charge in [0.05, 0.1) is 11.1 Å². The Kier molecular flexibility index (Phi) is 9.54. The van der Waals surface area contributed by atoms with Crippen LogP contribution in [0, 0.1) is 5.92 Å². The number of imide groups is 2. The number of carbonyl (C=O) groups excluding carboxylic acids is 4. The Morgan fingerprint density at radius 2 is 1.50 bits per heavy atom. The molecule has 2 aliphatic heterocycles. The zero-order valence-electron chi connectivity index (χ0n) is 21.5. The highest BCUT2D eigenvalue weighted by molar-refractivity contribution is 6.25. The van der Waals surface area contributed by atoms with Gasteiger partial charge in [-0.15, -0.1) is 0 Å². The monoisotopic (exact) mass is 495 g/mol. The van der Waals surface area contributed by atoms with Crippen LogP contribution in [-0.4, -0.2) is 41.1 Å². The largest absolute Gasteiger partial charge is 0.384 e. The van der Waals surface area contributed by atoms with Crippen LogP contribution in [0.3, 0.4) is 0 Å². The highest BCUT2D eigenvalue weighted by Gasteiger charge is 2.45. The molecule has 0 bridgehead atoms. The number of anilines is 1. The SMILES string of the molecule is O=C1CCC(N2C(=O)c3cccc(NCCCCCCCCCC4CCCCCC4)c3C2=O)C(=O)N1. The third kappa shape index (κ3) is 6.54. The molecule has 0 spiro atoms. The molecule has 2 fully saturated rings. The lowest BCUT2D eigenvalue weighted by Crippen LogP contribution is -2.54. The fourth-order valence-electron chi connectivity index (χ4n) is 5.98. The van der Waals surface area contributed by atoms with Gasteiger partial charge in [0, 0.05) is 18.7 Å². The summed E-state index contributed by atoms with van der Waals surface area (Å²) >= 11 is 0. The van der Waals surface area contributed by atoms with Crippen LogP contribution in [0.1, 0.15) is 123 Å². The molecular formula is C29H41N3O4. The van der Waals surface area contributed by atoms with Crippen molar-refractivity contribution >= 4 is 29.3 Å². The summed E-state index contributed by atoms with van der Waals surface area (Å²) in [5, 5.41) is 5.57. The first-order valence-corrected chi connectivity index (χ1v) is 14.1. The minimum Gasteiger partial charge on any atom is -0.384 e. The second-order valence-corrected chi connectivity index (χ2v) is 10.7. The lowest BCUT2D eigenvalue weighted by atomic mass is 9.93. The van der Waals surface area contributed by atoms with Crippen molar-refractivity contribution in [1.29, 1.82) is 0 Å². The number of benzene rings is 1. The number of rotatable bonds is 12. The highest BCUT2D eigenvalue weighted by atomic mass is 16.2. The summed E-state index contributed by atoms with van der Waals surface area (Å²) < 4.78 is 0. The number of hydrogen-bond donors (Lipinski definition) is 2. The van der Waals surface area contributed by atoms with E-state index in [0.717, 1.165) is 30.2 Å². The van der Waals surface area contributed by atoms with Gasteiger partial charge in [-0.2, -0.15) is 0 Å². The van der Waals surface area contributed by atoms with Crippen LogP contribution in [0.2, 0.25) is 0 Å². The molecule has 1 atom stereocenters. The molecule has 36 heavy (non-hydrogen) atoms. The van der Waals surface area contributed by atoms with Crippen molar-refractivity contribution in [2.24, 2.45) is 5.92 Å². The molecule has 196 valence electrons. The van der Waals surface area contributed by atoms with Gasteiger partial charge in [0.25, 0.3) is 11.8 Å². The maximum absolute atomic E-state index is 13.1. The van der Waals surface area contributed by atoms with Gasteiger partial charge >= 0.3 is 0 Å². The van der Waals surface area contributed by atoms with Crippen molar-refractivity contribution < 1.29 is 19.2 Å². The van der Waals surface area contributed by atoms with Crippen LogP contribution in [0.25, 0.3) is 0 Å². The predicted octanol–water partition coefficient (Wildman–Crippen LogP) is 5.59. The average molecular weight is 496 g/mol. The lowest BCUT2D eigenvalue weighted by Gasteiger charge is -2.27. The molecule has 1 aromatic rings. The van der Waals surface area contributed by atoms with Crippen LogP contribution in [0.15, 0.2) is 18.2 Å². The number of piperidine rings is 1. The van der Waals surface area contributed by atoms with Gasteiger partial charge in [0.1, 0.15) is 6.04 Å². The van der Waals surface area contributed by atoms with Crippen molar-refractivity contribution in [2.45, 2.75) is 109 Å². The molecule has 0 radical (unpaired) electrons. The molecule has 4 amide bonds. The van der Waals surface area contributed by atoms with Crippen LogP contribution in [0.5, 0.6) is 0 Å². The zero-order chi connectivity index (χ0) is 25.3. The third-order valence-corrected chi connectivity index (χ3v) is 8.05. The van der Waals surface area contributed by atoms with E-state index in [4.69, 9.17) is 0 Å². The Hall–Kier alpha value is -2.70. The van der Waals surface area contributed by atoms with Crippen LogP contribution in [-0.2, 0) is 9.59 Å². The molecule has 2 heterocycles. The Bertz CT molecular complexity index is 952. The number of fused-ring (bicyclic) bond motifs is 1. The molecule has 1 saturated heterocycles.